The molecule has 0 saturated carbocycles. The Balaban J connectivity index is 2.47. The number of nitrogens with zero attached hydrogens (tertiary/aromatic N) is 1. The Hall–Kier alpha value is -0.850. The lowest BCUT2D eigenvalue weighted by Gasteiger charge is -2.06. The lowest BCUT2D eigenvalue weighted by atomic mass is 10.0. The third kappa shape index (κ3) is 1.71. The first-order chi connectivity index (χ1) is 8.59. The molecule has 7 heteroatoms. The van der Waals surface area contributed by atoms with Gasteiger partial charge in [0.25, 0.3) is 0 Å². The van der Waals surface area contributed by atoms with Crippen molar-refractivity contribution in [1.82, 2.24) is 4.98 Å². The number of carboxylic acids is 1. The number of halogens is 2. The van der Waals surface area contributed by atoms with Crippen molar-refractivity contribution in [2.75, 3.05) is 6.61 Å². The highest BCUT2D eigenvalue weighted by Gasteiger charge is 2.26. The van der Waals surface area contributed by atoms with Crippen LogP contribution in [0.3, 0.4) is 0 Å². The summed E-state index contributed by atoms with van der Waals surface area (Å²) in [6.45, 7) is 0.565. The maximum absolute atomic E-state index is 11.3. The summed E-state index contributed by atoms with van der Waals surface area (Å²) in [5.41, 5.74) is 0.751. The van der Waals surface area contributed by atoms with Crippen molar-refractivity contribution in [3.05, 3.63) is 20.2 Å². The molecule has 0 bridgehead atoms. The van der Waals surface area contributed by atoms with E-state index >= 15 is 0 Å². The molecule has 0 radical (unpaired) electrons. The average molecular weight is 349 g/mol. The minimum absolute atomic E-state index is 0.0320. The lowest BCUT2D eigenvalue weighted by Crippen LogP contribution is -2.06. The zero-order chi connectivity index (χ0) is 12.9. The maximum atomic E-state index is 11.3. The molecule has 3 heterocycles. The number of aromatic carboxylic acids is 1. The van der Waals surface area contributed by atoms with Crippen molar-refractivity contribution in [2.24, 2.45) is 0 Å². The van der Waals surface area contributed by atoms with Crippen LogP contribution in [0, 0.1) is 0 Å². The molecule has 1 aliphatic rings. The van der Waals surface area contributed by atoms with Gasteiger partial charge in [-0.05, 0) is 34.3 Å². The lowest BCUT2D eigenvalue weighted by molar-refractivity contribution is 0.0689. The Morgan fingerprint density at radius 2 is 2.33 bits per heavy atom. The molecule has 0 saturated heterocycles. The van der Waals surface area contributed by atoms with Gasteiger partial charge >= 0.3 is 5.97 Å². The van der Waals surface area contributed by atoms with E-state index in [9.17, 15) is 9.90 Å². The molecular weight excluding hydrogens is 342 g/mol. The fourth-order valence-corrected chi connectivity index (χ4v) is 4.09. The molecule has 4 nitrogen and oxygen atoms in total. The van der Waals surface area contributed by atoms with Gasteiger partial charge in [0.1, 0.15) is 8.94 Å². The highest BCUT2D eigenvalue weighted by Crippen LogP contribution is 2.47. The Kier molecular flexibility index (Phi) is 2.96. The number of hydrogen-bond donors (Lipinski definition) is 1. The molecule has 0 atom stereocenters. The van der Waals surface area contributed by atoms with Gasteiger partial charge in [0, 0.05) is 5.39 Å². The van der Waals surface area contributed by atoms with E-state index in [0.29, 0.717) is 18.8 Å². The van der Waals surface area contributed by atoms with Gasteiger partial charge in [-0.3, -0.25) is 0 Å². The summed E-state index contributed by atoms with van der Waals surface area (Å²) in [4.78, 5) is 15.3. The first-order valence-electron chi connectivity index (χ1n) is 5.26. The zero-order valence-electron chi connectivity index (χ0n) is 9.00. The average Bonchev–Trinajstić information content (AvgIpc) is 2.53. The second kappa shape index (κ2) is 4.36. The summed E-state index contributed by atoms with van der Waals surface area (Å²) in [5, 5.41) is 10.2. The maximum Gasteiger partial charge on any atom is 0.354 e. The van der Waals surface area contributed by atoms with E-state index in [-0.39, 0.29) is 10.8 Å². The number of hydrogen-bond acceptors (Lipinski definition) is 4. The van der Waals surface area contributed by atoms with Crippen LogP contribution in [-0.2, 0) is 6.42 Å². The van der Waals surface area contributed by atoms with Gasteiger partial charge in [-0.15, -0.1) is 11.3 Å². The molecule has 0 unspecified atom stereocenters. The fourth-order valence-electron chi connectivity index (χ4n) is 2.11. The largest absolute Gasteiger partial charge is 0.491 e. The van der Waals surface area contributed by atoms with Gasteiger partial charge < -0.3 is 9.84 Å². The number of carbonyl (C=O) groups is 1. The predicted molar refractivity (Wildman–Crippen MR) is 73.1 cm³/mol. The van der Waals surface area contributed by atoms with E-state index in [2.05, 4.69) is 20.9 Å². The van der Waals surface area contributed by atoms with Crippen LogP contribution in [0.1, 0.15) is 22.5 Å². The number of pyridine rings is 1. The van der Waals surface area contributed by atoms with Crippen LogP contribution in [0.4, 0.5) is 0 Å². The number of aryl methyl sites for hydroxylation is 1. The summed E-state index contributed by atoms with van der Waals surface area (Å²) in [5.74, 6) is -0.363. The molecule has 0 aromatic carbocycles. The monoisotopic (exact) mass is 347 g/mol. The minimum Gasteiger partial charge on any atom is -0.491 e. The molecule has 2 aromatic rings. The second-order valence-corrected chi connectivity index (χ2v) is 6.59. The molecule has 0 spiro atoms. The molecule has 0 amide bonds. The number of aromatic nitrogens is 1. The fraction of sp³-hybridized carbons (Fsp3) is 0.273. The Bertz CT molecular complexity index is 670. The SMILES string of the molecule is O=C(O)c1nc(Cl)c2sc(Br)c3c2c1CCCO3. The zero-order valence-corrected chi connectivity index (χ0v) is 12.2. The Morgan fingerprint density at radius 1 is 1.56 bits per heavy atom. The van der Waals surface area contributed by atoms with Crippen LogP contribution in [0.25, 0.3) is 10.1 Å². The van der Waals surface area contributed by atoms with Crippen LogP contribution < -0.4 is 4.74 Å². The molecule has 94 valence electrons. The Labute approximate surface area is 120 Å². The molecule has 1 N–H and O–H groups in total. The molecule has 0 aliphatic carbocycles. The third-order valence-electron chi connectivity index (χ3n) is 2.83. The van der Waals surface area contributed by atoms with E-state index in [0.717, 1.165) is 25.9 Å². The first kappa shape index (κ1) is 12.2. The van der Waals surface area contributed by atoms with Crippen molar-refractivity contribution in [2.45, 2.75) is 12.8 Å². The van der Waals surface area contributed by atoms with Crippen molar-refractivity contribution in [3.8, 4) is 5.75 Å². The van der Waals surface area contributed by atoms with Gasteiger partial charge in [0.05, 0.1) is 11.3 Å². The first-order valence-corrected chi connectivity index (χ1v) is 7.24. The highest BCUT2D eigenvalue weighted by molar-refractivity contribution is 9.11. The summed E-state index contributed by atoms with van der Waals surface area (Å²) >= 11 is 10.9. The van der Waals surface area contributed by atoms with E-state index in [1.54, 1.807) is 0 Å². The van der Waals surface area contributed by atoms with Gasteiger partial charge in [-0.25, -0.2) is 9.78 Å². The van der Waals surface area contributed by atoms with Gasteiger partial charge in [0.2, 0.25) is 0 Å². The summed E-state index contributed by atoms with van der Waals surface area (Å²) in [6.07, 6.45) is 1.41. The molecule has 0 fully saturated rings. The van der Waals surface area contributed by atoms with Gasteiger partial charge in [-0.1, -0.05) is 11.6 Å². The second-order valence-electron chi connectivity index (χ2n) is 3.90. The van der Waals surface area contributed by atoms with Crippen LogP contribution >= 0.6 is 38.9 Å². The van der Waals surface area contributed by atoms with E-state index in [4.69, 9.17) is 16.3 Å². The minimum atomic E-state index is -1.05. The van der Waals surface area contributed by atoms with Crippen molar-refractivity contribution in [1.29, 1.82) is 0 Å². The van der Waals surface area contributed by atoms with Crippen LogP contribution in [0.2, 0.25) is 5.15 Å². The highest BCUT2D eigenvalue weighted by atomic mass is 79.9. The van der Waals surface area contributed by atoms with Crippen LogP contribution in [-0.4, -0.2) is 22.7 Å². The predicted octanol–water partition coefficient (Wildman–Crippen LogP) is 3.74. The Morgan fingerprint density at radius 3 is 3.06 bits per heavy atom. The standard InChI is InChI=1S/C11H7BrClNO3S/c12-9-7-5-4(2-1-3-17-7)6(11(15)16)14-10(13)8(5)18-9/h1-3H2,(H,15,16). The summed E-state index contributed by atoms with van der Waals surface area (Å²) < 4.78 is 7.27. The van der Waals surface area contributed by atoms with Crippen LogP contribution in [0.5, 0.6) is 5.75 Å². The van der Waals surface area contributed by atoms with Gasteiger partial charge in [-0.2, -0.15) is 0 Å². The molecule has 18 heavy (non-hydrogen) atoms. The summed E-state index contributed by atoms with van der Waals surface area (Å²) in [7, 11) is 0. The van der Waals surface area contributed by atoms with Crippen molar-refractivity contribution in [3.63, 3.8) is 0 Å². The molecule has 3 rings (SSSR count). The van der Waals surface area contributed by atoms with E-state index in [1.807, 2.05) is 0 Å². The van der Waals surface area contributed by atoms with Crippen molar-refractivity contribution < 1.29 is 14.6 Å². The normalized spacial score (nSPS) is 14.3. The summed E-state index contributed by atoms with van der Waals surface area (Å²) in [6, 6.07) is 0. The topological polar surface area (TPSA) is 59.4 Å². The van der Waals surface area contributed by atoms with Crippen LogP contribution in [0.15, 0.2) is 3.79 Å². The number of rotatable bonds is 1. The van der Waals surface area contributed by atoms with E-state index in [1.165, 1.54) is 11.3 Å². The molecule has 1 aliphatic heterocycles. The number of ether oxygens (including phenoxy) is 1. The van der Waals surface area contributed by atoms with E-state index < -0.39 is 5.97 Å². The van der Waals surface area contributed by atoms with Crippen molar-refractivity contribution >= 4 is 54.9 Å². The number of thiophene rings is 1. The quantitative estimate of drug-likeness (QED) is 0.798. The van der Waals surface area contributed by atoms with Gasteiger partial charge in [0.15, 0.2) is 11.4 Å². The smallest absolute Gasteiger partial charge is 0.354 e. The molecule has 2 aromatic heterocycles. The number of carboxylic acid groups (broad SMARTS) is 1. The molecular formula is C11H7BrClNO3S. The third-order valence-corrected chi connectivity index (χ3v) is 5.03.